The van der Waals surface area contributed by atoms with Gasteiger partial charge in [-0.1, -0.05) is 12.2 Å². The number of sulfonamides is 1. The van der Waals surface area contributed by atoms with Crippen LogP contribution >= 0.6 is 11.3 Å². The maximum absolute atomic E-state index is 12.1. The fourth-order valence-corrected chi connectivity index (χ4v) is 4.15. The van der Waals surface area contributed by atoms with E-state index < -0.39 is 10.0 Å². The predicted molar refractivity (Wildman–Crippen MR) is 61.5 cm³/mol. The molecule has 0 radical (unpaired) electrons. The molecule has 0 fully saturated rings. The van der Waals surface area contributed by atoms with Gasteiger partial charge in [0.1, 0.15) is 15.2 Å². The number of rotatable bonds is 2. The van der Waals surface area contributed by atoms with Gasteiger partial charge in [0.15, 0.2) is 0 Å². The van der Waals surface area contributed by atoms with Crippen LogP contribution in [0.3, 0.4) is 0 Å². The van der Waals surface area contributed by atoms with E-state index in [1.165, 1.54) is 16.4 Å². The Hall–Kier alpha value is -1.16. The average molecular weight is 254 g/mol. The molecule has 84 valence electrons. The quantitative estimate of drug-likeness (QED) is 0.753. The number of nitriles is 1. The summed E-state index contributed by atoms with van der Waals surface area (Å²) in [5.41, 5.74) is 0. The van der Waals surface area contributed by atoms with Crippen molar-refractivity contribution >= 4 is 21.4 Å². The van der Waals surface area contributed by atoms with Crippen LogP contribution in [0.5, 0.6) is 0 Å². The van der Waals surface area contributed by atoms with Crippen molar-refractivity contribution in [3.8, 4) is 6.07 Å². The van der Waals surface area contributed by atoms with Crippen molar-refractivity contribution in [1.29, 1.82) is 5.26 Å². The minimum atomic E-state index is -3.40. The van der Waals surface area contributed by atoms with Crippen molar-refractivity contribution < 1.29 is 8.42 Å². The Morgan fingerprint density at radius 2 is 2.19 bits per heavy atom. The van der Waals surface area contributed by atoms with Gasteiger partial charge < -0.3 is 0 Å². The third-order valence-electron chi connectivity index (χ3n) is 2.31. The maximum atomic E-state index is 12.1. The summed E-state index contributed by atoms with van der Waals surface area (Å²) in [4.78, 5) is 0.422. The zero-order valence-corrected chi connectivity index (χ0v) is 10.1. The van der Waals surface area contributed by atoms with Gasteiger partial charge in [0.2, 0.25) is 0 Å². The topological polar surface area (TPSA) is 61.2 Å². The molecule has 2 rings (SSSR count). The third-order valence-corrected chi connectivity index (χ3v) is 5.63. The minimum absolute atomic E-state index is 0.249. The van der Waals surface area contributed by atoms with Crippen LogP contribution in [0.4, 0.5) is 0 Å². The lowest BCUT2D eigenvalue weighted by molar-refractivity contribution is 0.439. The SMILES string of the molecule is N#Cc1ccc(S(=O)(=O)N2CC=CCC2)s1. The van der Waals surface area contributed by atoms with Crippen molar-refractivity contribution in [3.05, 3.63) is 29.2 Å². The standard InChI is InChI=1S/C10H10N2O2S2/c11-8-9-4-5-10(15-9)16(13,14)12-6-2-1-3-7-12/h1-2,4-5H,3,6-7H2. The summed E-state index contributed by atoms with van der Waals surface area (Å²) < 4.78 is 25.9. The Morgan fingerprint density at radius 3 is 2.75 bits per heavy atom. The molecule has 0 saturated carbocycles. The first kappa shape index (κ1) is 11.3. The van der Waals surface area contributed by atoms with E-state index in [0.29, 0.717) is 18.0 Å². The van der Waals surface area contributed by atoms with Gasteiger partial charge in [-0.05, 0) is 18.6 Å². The molecule has 4 nitrogen and oxygen atoms in total. The zero-order valence-electron chi connectivity index (χ0n) is 8.46. The van der Waals surface area contributed by atoms with Crippen LogP contribution in [0.1, 0.15) is 11.3 Å². The third kappa shape index (κ3) is 2.02. The molecule has 1 aromatic heterocycles. The predicted octanol–water partition coefficient (Wildman–Crippen LogP) is 1.57. The molecule has 1 aromatic rings. The van der Waals surface area contributed by atoms with Gasteiger partial charge in [-0.3, -0.25) is 0 Å². The molecule has 0 bridgehead atoms. The largest absolute Gasteiger partial charge is 0.252 e. The molecule has 0 saturated heterocycles. The summed E-state index contributed by atoms with van der Waals surface area (Å²) in [7, 11) is -3.40. The first-order chi connectivity index (χ1) is 7.64. The Labute approximate surface area is 98.5 Å². The summed E-state index contributed by atoms with van der Waals surface area (Å²) in [6.45, 7) is 0.931. The van der Waals surface area contributed by atoms with Crippen LogP contribution in [0, 0.1) is 11.3 Å². The lowest BCUT2D eigenvalue weighted by atomic mass is 10.3. The second-order valence-corrected chi connectivity index (χ2v) is 6.60. The molecule has 0 atom stereocenters. The lowest BCUT2D eigenvalue weighted by Gasteiger charge is -2.21. The van der Waals surface area contributed by atoms with Crippen LogP contribution in [-0.4, -0.2) is 25.8 Å². The molecular weight excluding hydrogens is 244 g/mol. The van der Waals surface area contributed by atoms with Gasteiger partial charge in [-0.2, -0.15) is 9.57 Å². The Morgan fingerprint density at radius 1 is 1.38 bits per heavy atom. The highest BCUT2D eigenvalue weighted by Crippen LogP contribution is 2.25. The number of hydrogen-bond donors (Lipinski definition) is 0. The van der Waals surface area contributed by atoms with Crippen LogP contribution in [-0.2, 0) is 10.0 Å². The van der Waals surface area contributed by atoms with E-state index >= 15 is 0 Å². The van der Waals surface area contributed by atoms with Crippen molar-refractivity contribution in [3.63, 3.8) is 0 Å². The second-order valence-electron chi connectivity index (χ2n) is 3.35. The smallest absolute Gasteiger partial charge is 0.206 e. The van der Waals surface area contributed by atoms with Gasteiger partial charge in [-0.15, -0.1) is 11.3 Å². The minimum Gasteiger partial charge on any atom is -0.206 e. The van der Waals surface area contributed by atoms with E-state index in [4.69, 9.17) is 5.26 Å². The molecule has 0 aromatic carbocycles. The molecule has 6 heteroatoms. The highest BCUT2D eigenvalue weighted by Gasteiger charge is 2.25. The van der Waals surface area contributed by atoms with Crippen molar-refractivity contribution in [1.82, 2.24) is 4.31 Å². The van der Waals surface area contributed by atoms with E-state index in [0.717, 1.165) is 17.8 Å². The number of nitrogens with zero attached hydrogens (tertiary/aromatic N) is 2. The molecule has 0 spiro atoms. The highest BCUT2D eigenvalue weighted by atomic mass is 32.2. The summed E-state index contributed by atoms with van der Waals surface area (Å²) in [6.07, 6.45) is 4.57. The molecular formula is C10H10N2O2S2. The zero-order chi connectivity index (χ0) is 11.6. The number of thiophene rings is 1. The van der Waals surface area contributed by atoms with E-state index in [9.17, 15) is 8.42 Å². The van der Waals surface area contributed by atoms with Gasteiger partial charge in [-0.25, -0.2) is 8.42 Å². The Kier molecular flexibility index (Phi) is 3.10. The van der Waals surface area contributed by atoms with Crippen molar-refractivity contribution in [2.75, 3.05) is 13.1 Å². The molecule has 0 unspecified atom stereocenters. The molecule has 1 aliphatic rings. The summed E-state index contributed by atoms with van der Waals surface area (Å²) in [5.74, 6) is 0. The molecule has 0 aliphatic carbocycles. The summed E-state index contributed by atoms with van der Waals surface area (Å²) in [6, 6.07) is 4.98. The van der Waals surface area contributed by atoms with Gasteiger partial charge in [0, 0.05) is 13.1 Å². The van der Waals surface area contributed by atoms with E-state index in [2.05, 4.69) is 0 Å². The van der Waals surface area contributed by atoms with Crippen LogP contribution in [0.25, 0.3) is 0 Å². The molecule has 0 N–H and O–H groups in total. The van der Waals surface area contributed by atoms with Gasteiger partial charge >= 0.3 is 0 Å². The molecule has 2 heterocycles. The lowest BCUT2D eigenvalue weighted by Crippen LogP contribution is -2.33. The first-order valence-corrected chi connectivity index (χ1v) is 7.05. The van der Waals surface area contributed by atoms with E-state index in [1.807, 2.05) is 18.2 Å². The molecule has 16 heavy (non-hydrogen) atoms. The Bertz CT molecular complexity index is 552. The normalized spacial score (nSPS) is 17.2. The summed E-state index contributed by atoms with van der Waals surface area (Å²) >= 11 is 1.02. The van der Waals surface area contributed by atoms with Crippen LogP contribution < -0.4 is 0 Å². The fourth-order valence-electron chi connectivity index (χ4n) is 1.48. The molecule has 1 aliphatic heterocycles. The first-order valence-electron chi connectivity index (χ1n) is 4.79. The van der Waals surface area contributed by atoms with E-state index in [-0.39, 0.29) is 4.21 Å². The van der Waals surface area contributed by atoms with Crippen LogP contribution in [0.2, 0.25) is 0 Å². The fraction of sp³-hybridized carbons (Fsp3) is 0.300. The highest BCUT2D eigenvalue weighted by molar-refractivity contribution is 7.91. The Balaban J connectivity index is 2.31. The van der Waals surface area contributed by atoms with Gasteiger partial charge in [0.05, 0.1) is 0 Å². The van der Waals surface area contributed by atoms with Gasteiger partial charge in [0.25, 0.3) is 10.0 Å². The molecule has 0 amide bonds. The van der Waals surface area contributed by atoms with E-state index in [1.54, 1.807) is 0 Å². The van der Waals surface area contributed by atoms with Crippen molar-refractivity contribution in [2.45, 2.75) is 10.6 Å². The van der Waals surface area contributed by atoms with Crippen molar-refractivity contribution in [2.24, 2.45) is 0 Å². The maximum Gasteiger partial charge on any atom is 0.252 e. The average Bonchev–Trinajstić information content (AvgIpc) is 2.79. The number of hydrogen-bond acceptors (Lipinski definition) is 4. The summed E-state index contributed by atoms with van der Waals surface area (Å²) in [5, 5.41) is 8.67. The second kappa shape index (κ2) is 4.37. The monoisotopic (exact) mass is 254 g/mol. The van der Waals surface area contributed by atoms with Crippen LogP contribution in [0.15, 0.2) is 28.5 Å².